The van der Waals surface area contributed by atoms with Crippen LogP contribution in [0.2, 0.25) is 0 Å². The molecule has 0 aliphatic rings. The first-order valence-corrected chi connectivity index (χ1v) is 8.19. The number of hydrogen-bond acceptors (Lipinski definition) is 4. The van der Waals surface area contributed by atoms with Gasteiger partial charge in [0.15, 0.2) is 0 Å². The number of esters is 1. The van der Waals surface area contributed by atoms with Crippen LogP contribution in [0.4, 0.5) is 0 Å². The van der Waals surface area contributed by atoms with Crippen LogP contribution in [-0.2, 0) is 9.53 Å². The second-order valence-corrected chi connectivity index (χ2v) is 5.96. The number of thioether (sulfide) groups is 1. The minimum atomic E-state index is -0.596. The van der Waals surface area contributed by atoms with Gasteiger partial charge in [-0.15, -0.1) is 0 Å². The highest BCUT2D eigenvalue weighted by Crippen LogP contribution is 2.12. The first kappa shape index (κ1) is 16.3. The van der Waals surface area contributed by atoms with Gasteiger partial charge in [-0.05, 0) is 53.2 Å². The summed E-state index contributed by atoms with van der Waals surface area (Å²) >= 11 is 3.72. The molecule has 1 aromatic carbocycles. The molecule has 0 saturated heterocycles. The Morgan fingerprint density at radius 2 is 2.11 bits per heavy atom. The summed E-state index contributed by atoms with van der Waals surface area (Å²) in [5.74, 6) is 0.126. The number of methoxy groups -OCH3 is 1. The Bertz CT molecular complexity index is 453. The van der Waals surface area contributed by atoms with Crippen molar-refractivity contribution < 1.29 is 14.3 Å². The van der Waals surface area contributed by atoms with E-state index in [9.17, 15) is 9.59 Å². The molecule has 19 heavy (non-hydrogen) atoms. The minimum Gasteiger partial charge on any atom is -0.467 e. The zero-order valence-electron chi connectivity index (χ0n) is 10.8. The van der Waals surface area contributed by atoms with Crippen molar-refractivity contribution in [1.82, 2.24) is 5.32 Å². The quantitative estimate of drug-likeness (QED) is 0.596. The molecule has 0 radical (unpaired) electrons. The molecule has 0 aliphatic heterocycles. The summed E-state index contributed by atoms with van der Waals surface area (Å²) in [6, 6.07) is 6.65. The smallest absolute Gasteiger partial charge is 0.328 e. The van der Waals surface area contributed by atoms with Gasteiger partial charge in [-0.25, -0.2) is 4.79 Å². The standard InChI is InChI=1S/C13H16INO3S/c1-18-13(17)11(7-8-19-2)15-12(16)9-5-3-4-6-10(9)14/h3-6,11H,7-8H2,1-2H3,(H,15,16). The maximum atomic E-state index is 12.1. The van der Waals surface area contributed by atoms with Gasteiger partial charge in [0, 0.05) is 3.57 Å². The van der Waals surface area contributed by atoms with Crippen LogP contribution in [0, 0.1) is 3.57 Å². The molecule has 0 bridgehead atoms. The van der Waals surface area contributed by atoms with E-state index in [1.54, 1.807) is 23.9 Å². The molecule has 1 unspecified atom stereocenters. The molecular weight excluding hydrogens is 377 g/mol. The second kappa shape index (κ2) is 8.42. The van der Waals surface area contributed by atoms with Crippen LogP contribution < -0.4 is 5.32 Å². The van der Waals surface area contributed by atoms with Gasteiger partial charge in [0.1, 0.15) is 6.04 Å². The van der Waals surface area contributed by atoms with Crippen molar-refractivity contribution in [3.05, 3.63) is 33.4 Å². The Hall–Kier alpha value is -0.760. The van der Waals surface area contributed by atoms with E-state index in [4.69, 9.17) is 4.74 Å². The molecule has 1 aromatic rings. The van der Waals surface area contributed by atoms with Crippen molar-refractivity contribution in [1.29, 1.82) is 0 Å². The van der Waals surface area contributed by atoms with E-state index in [1.165, 1.54) is 7.11 Å². The Kier molecular flexibility index (Phi) is 7.22. The summed E-state index contributed by atoms with van der Waals surface area (Å²) in [7, 11) is 1.33. The van der Waals surface area contributed by atoms with Gasteiger partial charge in [0.2, 0.25) is 0 Å². The molecule has 6 heteroatoms. The summed E-state index contributed by atoms with van der Waals surface area (Å²) in [6.07, 6.45) is 2.51. The van der Waals surface area contributed by atoms with Gasteiger partial charge in [-0.2, -0.15) is 11.8 Å². The van der Waals surface area contributed by atoms with Gasteiger partial charge >= 0.3 is 5.97 Å². The SMILES string of the molecule is COC(=O)C(CCSC)NC(=O)c1ccccc1I. The highest BCUT2D eigenvalue weighted by atomic mass is 127. The first-order valence-electron chi connectivity index (χ1n) is 5.72. The number of halogens is 1. The second-order valence-electron chi connectivity index (χ2n) is 3.81. The number of nitrogens with one attached hydrogen (secondary N) is 1. The van der Waals surface area contributed by atoms with Crippen LogP contribution in [0.15, 0.2) is 24.3 Å². The molecule has 0 saturated carbocycles. The summed E-state index contributed by atoms with van der Waals surface area (Å²) < 4.78 is 5.56. The zero-order chi connectivity index (χ0) is 14.3. The number of ether oxygens (including phenoxy) is 1. The van der Waals surface area contributed by atoms with Crippen molar-refractivity contribution >= 4 is 46.2 Å². The molecule has 1 rings (SSSR count). The molecule has 0 heterocycles. The van der Waals surface area contributed by atoms with Crippen LogP contribution >= 0.6 is 34.4 Å². The predicted molar refractivity (Wildman–Crippen MR) is 85.4 cm³/mol. The molecule has 1 atom stereocenters. The highest BCUT2D eigenvalue weighted by Gasteiger charge is 2.22. The van der Waals surface area contributed by atoms with Crippen LogP contribution in [-0.4, -0.2) is 37.0 Å². The molecule has 1 amide bonds. The Balaban J connectivity index is 2.76. The minimum absolute atomic E-state index is 0.249. The average Bonchev–Trinajstić information content (AvgIpc) is 2.42. The van der Waals surface area contributed by atoms with Crippen LogP contribution in [0.25, 0.3) is 0 Å². The van der Waals surface area contributed by atoms with Crippen molar-refractivity contribution in [3.63, 3.8) is 0 Å². The Morgan fingerprint density at radius 1 is 1.42 bits per heavy atom. The first-order chi connectivity index (χ1) is 9.10. The van der Waals surface area contributed by atoms with Crippen LogP contribution in [0.1, 0.15) is 16.8 Å². The summed E-state index contributed by atoms with van der Waals surface area (Å²) in [4.78, 5) is 23.8. The van der Waals surface area contributed by atoms with Crippen molar-refractivity contribution in [2.24, 2.45) is 0 Å². The van der Waals surface area contributed by atoms with E-state index in [1.807, 2.05) is 18.4 Å². The molecule has 0 spiro atoms. The Morgan fingerprint density at radius 3 is 2.68 bits per heavy atom. The molecule has 104 valence electrons. The monoisotopic (exact) mass is 393 g/mol. The number of amides is 1. The fourth-order valence-corrected chi connectivity index (χ4v) is 2.61. The molecule has 4 nitrogen and oxygen atoms in total. The van der Waals surface area contributed by atoms with Crippen molar-refractivity contribution in [2.45, 2.75) is 12.5 Å². The Labute approximate surface area is 130 Å². The zero-order valence-corrected chi connectivity index (χ0v) is 13.8. The third kappa shape index (κ3) is 5.02. The van der Waals surface area contributed by atoms with Crippen LogP contribution in [0.5, 0.6) is 0 Å². The lowest BCUT2D eigenvalue weighted by Gasteiger charge is -2.16. The van der Waals surface area contributed by atoms with E-state index in [-0.39, 0.29) is 5.91 Å². The fourth-order valence-electron chi connectivity index (χ4n) is 1.51. The molecule has 1 N–H and O–H groups in total. The van der Waals surface area contributed by atoms with Gasteiger partial charge in [-0.1, -0.05) is 12.1 Å². The maximum Gasteiger partial charge on any atom is 0.328 e. The van der Waals surface area contributed by atoms with Crippen molar-refractivity contribution in [3.8, 4) is 0 Å². The topological polar surface area (TPSA) is 55.4 Å². The van der Waals surface area contributed by atoms with Crippen molar-refractivity contribution in [2.75, 3.05) is 19.1 Å². The van der Waals surface area contributed by atoms with Crippen LogP contribution in [0.3, 0.4) is 0 Å². The number of carbonyl (C=O) groups excluding carboxylic acids is 2. The summed E-state index contributed by atoms with van der Waals surface area (Å²) in [6.45, 7) is 0. The lowest BCUT2D eigenvalue weighted by Crippen LogP contribution is -2.42. The third-order valence-corrected chi connectivity index (χ3v) is 4.10. The van der Waals surface area contributed by atoms with E-state index in [0.717, 1.165) is 9.32 Å². The summed E-state index contributed by atoms with van der Waals surface area (Å²) in [5.41, 5.74) is 0.571. The average molecular weight is 393 g/mol. The van der Waals surface area contributed by atoms with Gasteiger partial charge in [0.25, 0.3) is 5.91 Å². The number of hydrogen-bond donors (Lipinski definition) is 1. The highest BCUT2D eigenvalue weighted by molar-refractivity contribution is 14.1. The van der Waals surface area contributed by atoms with E-state index in [0.29, 0.717) is 12.0 Å². The molecule has 0 fully saturated rings. The maximum absolute atomic E-state index is 12.1. The number of benzene rings is 1. The van der Waals surface area contributed by atoms with E-state index < -0.39 is 12.0 Å². The van der Waals surface area contributed by atoms with Gasteiger partial charge < -0.3 is 10.1 Å². The molecule has 0 aromatic heterocycles. The summed E-state index contributed by atoms with van der Waals surface area (Å²) in [5, 5.41) is 2.73. The largest absolute Gasteiger partial charge is 0.467 e. The molecule has 0 aliphatic carbocycles. The number of rotatable bonds is 6. The lowest BCUT2D eigenvalue weighted by atomic mass is 10.1. The van der Waals surface area contributed by atoms with Gasteiger partial charge in [-0.3, -0.25) is 4.79 Å². The van der Waals surface area contributed by atoms with Gasteiger partial charge in [0.05, 0.1) is 12.7 Å². The van der Waals surface area contributed by atoms with E-state index in [2.05, 4.69) is 27.9 Å². The molecular formula is C13H16INO3S. The lowest BCUT2D eigenvalue weighted by molar-refractivity contribution is -0.142. The van der Waals surface area contributed by atoms with E-state index >= 15 is 0 Å². The number of carbonyl (C=O) groups is 2. The third-order valence-electron chi connectivity index (χ3n) is 2.52. The normalized spacial score (nSPS) is 11.7. The predicted octanol–water partition coefficient (Wildman–Crippen LogP) is 2.32. The fraction of sp³-hybridized carbons (Fsp3) is 0.385.